The van der Waals surface area contributed by atoms with Crippen LogP contribution >= 0.6 is 35.0 Å². The number of fused-ring (bicyclic) bond motifs is 1. The van der Waals surface area contributed by atoms with Gasteiger partial charge in [0.2, 0.25) is 0 Å². The minimum atomic E-state index is -3.99. The van der Waals surface area contributed by atoms with E-state index in [4.69, 9.17) is 27.7 Å². The topological polar surface area (TPSA) is 113 Å². The Bertz CT molecular complexity index is 1370. The van der Waals surface area contributed by atoms with Crippen molar-refractivity contribution in [3.05, 3.63) is 81.2 Å². The summed E-state index contributed by atoms with van der Waals surface area (Å²) in [4.78, 5) is 12.7. The monoisotopic (exact) mass is 525 g/mol. The first-order valence-electron chi connectivity index (χ1n) is 9.48. The number of carbonyl (C=O) groups excluding carboxylic acids is 1. The summed E-state index contributed by atoms with van der Waals surface area (Å²) in [5.74, 6) is 0.442. The highest BCUT2D eigenvalue weighted by Gasteiger charge is 2.37. The number of rotatable bonds is 6. The number of sulfonamides is 1. The highest BCUT2D eigenvalue weighted by Crippen LogP contribution is 2.34. The predicted octanol–water partition coefficient (Wildman–Crippen LogP) is 4.91. The lowest BCUT2D eigenvalue weighted by molar-refractivity contribution is -0.113. The van der Waals surface area contributed by atoms with Crippen molar-refractivity contribution in [2.75, 3.05) is 12.4 Å². The van der Waals surface area contributed by atoms with Gasteiger partial charge in [-0.05, 0) is 29.8 Å². The summed E-state index contributed by atoms with van der Waals surface area (Å²) in [5, 5.41) is 17.8. The van der Waals surface area contributed by atoms with Crippen LogP contribution in [0.5, 0.6) is 0 Å². The Morgan fingerprint density at radius 1 is 1.15 bits per heavy atom. The van der Waals surface area contributed by atoms with E-state index in [0.29, 0.717) is 27.3 Å². The van der Waals surface area contributed by atoms with Crippen LogP contribution in [0.3, 0.4) is 0 Å². The normalized spacial score (nSPS) is 14.8. The summed E-state index contributed by atoms with van der Waals surface area (Å²) in [5.41, 5.74) is 0.638. The van der Waals surface area contributed by atoms with Crippen LogP contribution in [0.1, 0.15) is 16.9 Å². The number of thioether (sulfide) groups is 1. The van der Waals surface area contributed by atoms with Crippen molar-refractivity contribution in [1.29, 1.82) is 0 Å². The van der Waals surface area contributed by atoms with E-state index < -0.39 is 27.4 Å². The van der Waals surface area contributed by atoms with Gasteiger partial charge in [-0.1, -0.05) is 46.6 Å². The summed E-state index contributed by atoms with van der Waals surface area (Å²) in [6.45, 7) is 0. The number of hydrogen-bond donors (Lipinski definition) is 2. The number of anilines is 1. The summed E-state index contributed by atoms with van der Waals surface area (Å²) in [7, 11) is -2.79. The Hall–Kier alpha value is -2.66. The molecule has 8 nitrogen and oxygen atoms in total. The van der Waals surface area contributed by atoms with Gasteiger partial charge in [0.05, 0.1) is 20.7 Å². The molecular weight excluding hydrogens is 509 g/mol. The van der Waals surface area contributed by atoms with Gasteiger partial charge in [0.25, 0.3) is 15.9 Å². The summed E-state index contributed by atoms with van der Waals surface area (Å²) in [6.07, 6.45) is 0. The first-order valence-corrected chi connectivity index (χ1v) is 12.8. The molecule has 2 heterocycles. The van der Waals surface area contributed by atoms with Crippen molar-refractivity contribution in [2.24, 2.45) is 0 Å². The minimum Gasteiger partial charge on any atom is -0.505 e. The summed E-state index contributed by atoms with van der Waals surface area (Å²) >= 11 is 13.5. The third kappa shape index (κ3) is 4.70. The Morgan fingerprint density at radius 2 is 1.91 bits per heavy atom. The van der Waals surface area contributed by atoms with Gasteiger partial charge in [0, 0.05) is 24.4 Å². The molecule has 0 fully saturated rings. The zero-order valence-corrected chi connectivity index (χ0v) is 20.2. The molecule has 1 amide bonds. The largest absolute Gasteiger partial charge is 0.505 e. The van der Waals surface area contributed by atoms with Gasteiger partial charge in [0.1, 0.15) is 5.76 Å². The lowest BCUT2D eigenvalue weighted by Crippen LogP contribution is -2.37. The number of aliphatic hydroxyl groups excluding tert-OH is 1. The van der Waals surface area contributed by atoms with Crippen molar-refractivity contribution in [3.8, 4) is 0 Å². The number of carbonyl (C=O) groups is 1. The molecule has 2 aromatic carbocycles. The van der Waals surface area contributed by atoms with E-state index in [1.165, 1.54) is 25.2 Å². The third-order valence-corrected chi connectivity index (χ3v) is 8.41. The van der Waals surface area contributed by atoms with Gasteiger partial charge in [0.15, 0.2) is 17.3 Å². The molecule has 0 unspecified atom stereocenters. The van der Waals surface area contributed by atoms with Crippen LogP contribution in [-0.2, 0) is 26.3 Å². The fourth-order valence-corrected chi connectivity index (χ4v) is 5.77. The Balaban J connectivity index is 1.45. The molecule has 172 valence electrons. The molecule has 3 aromatic rings. The summed E-state index contributed by atoms with van der Waals surface area (Å²) < 4.78 is 31.5. The van der Waals surface area contributed by atoms with Crippen LogP contribution in [0, 0.1) is 0 Å². The smallest absolute Gasteiger partial charge is 0.278 e. The van der Waals surface area contributed by atoms with Gasteiger partial charge in [-0.25, -0.2) is 8.42 Å². The fourth-order valence-electron chi connectivity index (χ4n) is 3.20. The quantitative estimate of drug-likeness (QED) is 0.469. The van der Waals surface area contributed by atoms with Crippen molar-refractivity contribution in [3.63, 3.8) is 0 Å². The molecule has 0 spiro atoms. The molecule has 33 heavy (non-hydrogen) atoms. The number of amides is 1. The van der Waals surface area contributed by atoms with Crippen LogP contribution in [0.15, 0.2) is 63.6 Å². The molecule has 0 bridgehead atoms. The Labute approximate surface area is 204 Å². The van der Waals surface area contributed by atoms with E-state index in [1.807, 2.05) is 6.07 Å². The highest BCUT2D eigenvalue weighted by atomic mass is 35.5. The average Bonchev–Trinajstić information content (AvgIpc) is 3.22. The van der Waals surface area contributed by atoms with E-state index in [1.54, 1.807) is 36.0 Å². The molecule has 1 aliphatic heterocycles. The predicted molar refractivity (Wildman–Crippen MR) is 128 cm³/mol. The second-order valence-corrected chi connectivity index (χ2v) is 10.8. The van der Waals surface area contributed by atoms with Crippen molar-refractivity contribution >= 4 is 62.5 Å². The van der Waals surface area contributed by atoms with Crippen molar-refractivity contribution in [1.82, 2.24) is 9.46 Å². The number of likely N-dealkylation sites (N-methyl/N-ethyl adjacent to an activating group) is 1. The number of aliphatic hydroxyl groups is 1. The van der Waals surface area contributed by atoms with Gasteiger partial charge in [-0.15, -0.1) is 11.8 Å². The molecule has 4 rings (SSSR count). The van der Waals surface area contributed by atoms with Crippen LogP contribution in [0.2, 0.25) is 10.0 Å². The maximum absolute atomic E-state index is 12.8. The number of nitrogens with one attached hydrogen (secondary N) is 1. The number of aromatic nitrogens is 1. The van der Waals surface area contributed by atoms with E-state index >= 15 is 0 Å². The maximum Gasteiger partial charge on any atom is 0.278 e. The zero-order chi connectivity index (χ0) is 23.8. The van der Waals surface area contributed by atoms with Gasteiger partial charge < -0.3 is 14.9 Å². The highest BCUT2D eigenvalue weighted by molar-refractivity contribution is 7.97. The Morgan fingerprint density at radius 3 is 2.67 bits per heavy atom. The molecule has 1 aliphatic rings. The van der Waals surface area contributed by atoms with Crippen molar-refractivity contribution in [2.45, 2.75) is 16.4 Å². The van der Waals surface area contributed by atoms with Crippen LogP contribution < -0.4 is 5.32 Å². The number of benzene rings is 2. The second-order valence-electron chi connectivity index (χ2n) is 7.04. The number of halogens is 2. The zero-order valence-electron chi connectivity index (χ0n) is 17.1. The maximum atomic E-state index is 12.8. The molecule has 12 heteroatoms. The van der Waals surface area contributed by atoms with Crippen LogP contribution in [0.25, 0.3) is 5.76 Å². The van der Waals surface area contributed by atoms with Gasteiger partial charge in [-0.3, -0.25) is 9.10 Å². The molecule has 2 N–H and O–H groups in total. The van der Waals surface area contributed by atoms with Gasteiger partial charge in [-0.2, -0.15) is 0 Å². The number of hydrogen-bond acceptors (Lipinski definition) is 7. The molecule has 0 saturated heterocycles. The summed E-state index contributed by atoms with van der Waals surface area (Å²) in [6, 6.07) is 12.8. The molecular formula is C21H17Cl2N3O5S2. The van der Waals surface area contributed by atoms with E-state index in [2.05, 4.69) is 10.5 Å². The SMILES string of the molecule is CN1C(C(=O)Nc2cc(CSCc3ccc(Cl)c(Cl)c3)on2)=C(O)c2ccccc2S1(=O)=O. The lowest BCUT2D eigenvalue weighted by Gasteiger charge is -2.28. The van der Waals surface area contributed by atoms with E-state index in [-0.39, 0.29) is 16.3 Å². The first-order chi connectivity index (χ1) is 15.7. The lowest BCUT2D eigenvalue weighted by atomic mass is 10.1. The minimum absolute atomic E-state index is 0.0558. The molecule has 0 atom stereocenters. The van der Waals surface area contributed by atoms with E-state index in [9.17, 15) is 18.3 Å². The fraction of sp³-hybridized carbons (Fsp3) is 0.143. The molecule has 0 radical (unpaired) electrons. The molecule has 1 aromatic heterocycles. The molecule has 0 aliphatic carbocycles. The van der Waals surface area contributed by atoms with Crippen molar-refractivity contribution < 1.29 is 22.8 Å². The van der Waals surface area contributed by atoms with E-state index in [0.717, 1.165) is 9.87 Å². The standard InChI is InChI=1S/C21H17Cl2N3O5S2/c1-26-19(20(27)14-4-2-3-5-17(14)33(26,29)30)21(28)24-18-9-13(31-25-18)11-32-10-12-6-7-15(22)16(23)8-12/h2-9,27H,10-11H2,1H3,(H,24,25,28). The second kappa shape index (κ2) is 9.30. The Kier molecular flexibility index (Phi) is 6.62. The van der Waals surface area contributed by atoms with Crippen LogP contribution in [-0.4, -0.2) is 35.9 Å². The molecule has 0 saturated carbocycles. The van der Waals surface area contributed by atoms with Crippen LogP contribution in [0.4, 0.5) is 5.82 Å². The number of nitrogens with zero attached hydrogens (tertiary/aromatic N) is 2. The first kappa shape index (κ1) is 23.5. The average molecular weight is 526 g/mol. The third-order valence-electron chi connectivity index (χ3n) is 4.83. The van der Waals surface area contributed by atoms with Gasteiger partial charge >= 0.3 is 0 Å².